The summed E-state index contributed by atoms with van der Waals surface area (Å²) in [4.78, 5) is 16.9. The number of methoxy groups -OCH3 is 1. The third-order valence-electron chi connectivity index (χ3n) is 3.93. The number of rotatable bonds is 3. The van der Waals surface area contributed by atoms with Gasteiger partial charge in [0.05, 0.1) is 12.6 Å². The van der Waals surface area contributed by atoms with E-state index in [1.165, 1.54) is 0 Å². The number of carbonyl (C=O) groups is 1. The first-order valence-corrected chi connectivity index (χ1v) is 7.89. The summed E-state index contributed by atoms with van der Waals surface area (Å²) in [6.45, 7) is 1.03. The molecule has 0 saturated heterocycles. The van der Waals surface area contributed by atoms with Crippen LogP contribution in [0.2, 0.25) is 0 Å². The van der Waals surface area contributed by atoms with Crippen LogP contribution in [0.15, 0.2) is 48.5 Å². The Morgan fingerprint density at radius 2 is 1.88 bits per heavy atom. The minimum atomic E-state index is -0.283. The molecule has 0 radical (unpaired) electrons. The maximum absolute atomic E-state index is 12.5. The number of pyridine rings is 1. The zero-order valence-corrected chi connectivity index (χ0v) is 13.6. The molecule has 2 heterocycles. The van der Waals surface area contributed by atoms with E-state index in [9.17, 15) is 4.79 Å². The Labute approximate surface area is 144 Å². The van der Waals surface area contributed by atoms with Gasteiger partial charge in [0.25, 0.3) is 5.91 Å². The van der Waals surface area contributed by atoms with Crippen LogP contribution in [0.5, 0.6) is 17.2 Å². The predicted octanol–water partition coefficient (Wildman–Crippen LogP) is 3.27. The zero-order chi connectivity index (χ0) is 17.2. The molecule has 3 aromatic rings. The largest absolute Gasteiger partial charge is 0.497 e. The number of aromatic nitrogens is 1. The lowest BCUT2D eigenvalue weighted by atomic mass is 10.2. The SMILES string of the molecule is COc1ccc2nc(C(=O)Nc3ccc4c(c3)OCCO4)ccc2c1. The standard InChI is InChI=1S/C19H16N2O4/c1-23-14-4-6-15-12(10-14)2-5-16(21-15)19(22)20-13-3-7-17-18(11-13)25-9-8-24-17/h2-7,10-11H,8-9H2,1H3,(H,20,22). The van der Waals surface area contributed by atoms with Crippen LogP contribution >= 0.6 is 0 Å². The Kier molecular flexibility index (Phi) is 3.85. The summed E-state index contributed by atoms with van der Waals surface area (Å²) in [7, 11) is 1.61. The molecule has 1 amide bonds. The first kappa shape index (κ1) is 15.3. The van der Waals surface area contributed by atoms with Crippen LogP contribution in [0.25, 0.3) is 10.9 Å². The van der Waals surface area contributed by atoms with Crippen LogP contribution in [-0.4, -0.2) is 31.2 Å². The van der Waals surface area contributed by atoms with E-state index >= 15 is 0 Å². The smallest absolute Gasteiger partial charge is 0.274 e. The molecule has 0 fully saturated rings. The lowest BCUT2D eigenvalue weighted by Gasteiger charge is -2.19. The van der Waals surface area contributed by atoms with Gasteiger partial charge in [0.2, 0.25) is 0 Å². The molecule has 4 rings (SSSR count). The summed E-state index contributed by atoms with van der Waals surface area (Å²) in [6, 6.07) is 14.4. The summed E-state index contributed by atoms with van der Waals surface area (Å²) >= 11 is 0. The Hall–Kier alpha value is -3.28. The molecule has 2 aromatic carbocycles. The van der Waals surface area contributed by atoms with Gasteiger partial charge in [-0.2, -0.15) is 0 Å². The fourth-order valence-electron chi connectivity index (χ4n) is 2.67. The fourth-order valence-corrected chi connectivity index (χ4v) is 2.67. The second-order valence-corrected chi connectivity index (χ2v) is 5.57. The second-order valence-electron chi connectivity index (χ2n) is 5.57. The lowest BCUT2D eigenvalue weighted by Crippen LogP contribution is -2.17. The highest BCUT2D eigenvalue weighted by Gasteiger charge is 2.14. The number of benzene rings is 2. The normalized spacial score (nSPS) is 12.7. The predicted molar refractivity (Wildman–Crippen MR) is 93.7 cm³/mol. The van der Waals surface area contributed by atoms with Gasteiger partial charge >= 0.3 is 0 Å². The topological polar surface area (TPSA) is 69.7 Å². The molecule has 1 aliphatic heterocycles. The van der Waals surface area contributed by atoms with Gasteiger partial charge in [0.1, 0.15) is 24.7 Å². The van der Waals surface area contributed by atoms with Crippen LogP contribution in [-0.2, 0) is 0 Å². The van der Waals surface area contributed by atoms with Crippen molar-refractivity contribution in [2.24, 2.45) is 0 Å². The van der Waals surface area contributed by atoms with Crippen molar-refractivity contribution >= 4 is 22.5 Å². The fraction of sp³-hybridized carbons (Fsp3) is 0.158. The molecule has 1 aliphatic rings. The summed E-state index contributed by atoms with van der Waals surface area (Å²) < 4.78 is 16.2. The maximum Gasteiger partial charge on any atom is 0.274 e. The molecule has 0 spiro atoms. The number of amides is 1. The molecule has 6 nitrogen and oxygen atoms in total. The molecular weight excluding hydrogens is 320 g/mol. The molecule has 1 aromatic heterocycles. The van der Waals surface area contributed by atoms with Crippen molar-refractivity contribution in [3.05, 3.63) is 54.2 Å². The minimum absolute atomic E-state index is 0.283. The average Bonchev–Trinajstić information content (AvgIpc) is 2.67. The maximum atomic E-state index is 12.5. The first-order chi connectivity index (χ1) is 12.2. The molecule has 1 N–H and O–H groups in total. The first-order valence-electron chi connectivity index (χ1n) is 7.89. The second kappa shape index (κ2) is 6.32. The van der Waals surface area contributed by atoms with E-state index in [0.29, 0.717) is 36.1 Å². The van der Waals surface area contributed by atoms with E-state index < -0.39 is 0 Å². The monoisotopic (exact) mass is 336 g/mol. The summed E-state index contributed by atoms with van der Waals surface area (Å²) in [6.07, 6.45) is 0. The van der Waals surface area contributed by atoms with Crippen LogP contribution in [0.1, 0.15) is 10.5 Å². The lowest BCUT2D eigenvalue weighted by molar-refractivity contribution is 0.102. The molecule has 0 unspecified atom stereocenters. The Bertz CT molecular complexity index is 955. The number of nitrogens with one attached hydrogen (secondary N) is 1. The minimum Gasteiger partial charge on any atom is -0.497 e. The molecular formula is C19H16N2O4. The molecule has 0 aliphatic carbocycles. The van der Waals surface area contributed by atoms with Gasteiger partial charge in [-0.15, -0.1) is 0 Å². The summed E-state index contributed by atoms with van der Waals surface area (Å²) in [5.41, 5.74) is 1.70. The van der Waals surface area contributed by atoms with E-state index in [-0.39, 0.29) is 5.91 Å². The van der Waals surface area contributed by atoms with Gasteiger partial charge in [-0.1, -0.05) is 6.07 Å². The summed E-state index contributed by atoms with van der Waals surface area (Å²) in [5.74, 6) is 1.78. The van der Waals surface area contributed by atoms with Crippen LogP contribution in [0, 0.1) is 0 Å². The van der Waals surface area contributed by atoms with Gasteiger partial charge < -0.3 is 19.5 Å². The van der Waals surface area contributed by atoms with Gasteiger partial charge in [-0.25, -0.2) is 4.98 Å². The van der Waals surface area contributed by atoms with Crippen LogP contribution in [0.4, 0.5) is 5.69 Å². The van der Waals surface area contributed by atoms with Crippen LogP contribution in [0.3, 0.4) is 0 Å². The number of carbonyl (C=O) groups excluding carboxylic acids is 1. The number of fused-ring (bicyclic) bond motifs is 2. The molecule has 6 heteroatoms. The third-order valence-corrected chi connectivity index (χ3v) is 3.93. The van der Waals surface area contributed by atoms with Gasteiger partial charge in [-0.3, -0.25) is 4.79 Å². The summed E-state index contributed by atoms with van der Waals surface area (Å²) in [5, 5.41) is 3.75. The highest BCUT2D eigenvalue weighted by Crippen LogP contribution is 2.32. The van der Waals surface area contributed by atoms with E-state index in [2.05, 4.69) is 10.3 Å². The van der Waals surface area contributed by atoms with Crippen molar-refractivity contribution in [1.29, 1.82) is 0 Å². The highest BCUT2D eigenvalue weighted by molar-refractivity contribution is 6.04. The number of nitrogens with zero attached hydrogens (tertiary/aromatic N) is 1. The highest BCUT2D eigenvalue weighted by atomic mass is 16.6. The quantitative estimate of drug-likeness (QED) is 0.795. The Balaban J connectivity index is 1.57. The van der Waals surface area contributed by atoms with Crippen molar-refractivity contribution in [3.8, 4) is 17.2 Å². The van der Waals surface area contributed by atoms with Crippen molar-refractivity contribution in [3.63, 3.8) is 0 Å². The van der Waals surface area contributed by atoms with Gasteiger partial charge in [-0.05, 0) is 36.4 Å². The molecule has 126 valence electrons. The van der Waals surface area contributed by atoms with Crippen molar-refractivity contribution < 1.29 is 19.0 Å². The van der Waals surface area contributed by atoms with Gasteiger partial charge in [0, 0.05) is 17.1 Å². The molecule has 0 atom stereocenters. The number of anilines is 1. The van der Waals surface area contributed by atoms with Gasteiger partial charge in [0.15, 0.2) is 11.5 Å². The number of ether oxygens (including phenoxy) is 3. The zero-order valence-electron chi connectivity index (χ0n) is 13.6. The van der Waals surface area contributed by atoms with E-state index in [1.54, 1.807) is 31.4 Å². The van der Waals surface area contributed by atoms with Crippen molar-refractivity contribution in [1.82, 2.24) is 4.98 Å². The molecule has 25 heavy (non-hydrogen) atoms. The number of hydrogen-bond acceptors (Lipinski definition) is 5. The Morgan fingerprint density at radius 3 is 2.72 bits per heavy atom. The van der Waals surface area contributed by atoms with E-state index in [4.69, 9.17) is 14.2 Å². The third kappa shape index (κ3) is 3.06. The van der Waals surface area contributed by atoms with Crippen molar-refractivity contribution in [2.45, 2.75) is 0 Å². The van der Waals surface area contributed by atoms with E-state index in [1.807, 2.05) is 24.3 Å². The van der Waals surface area contributed by atoms with Crippen LogP contribution < -0.4 is 19.5 Å². The number of hydrogen-bond donors (Lipinski definition) is 1. The average molecular weight is 336 g/mol. The van der Waals surface area contributed by atoms with Crippen molar-refractivity contribution in [2.75, 3.05) is 25.6 Å². The molecule has 0 bridgehead atoms. The molecule has 0 saturated carbocycles. The van der Waals surface area contributed by atoms with E-state index in [0.717, 1.165) is 16.7 Å². The Morgan fingerprint density at radius 1 is 1.04 bits per heavy atom.